The summed E-state index contributed by atoms with van der Waals surface area (Å²) in [5, 5.41) is 19.0. The maximum Gasteiger partial charge on any atom is 0.223 e. The highest BCUT2D eigenvalue weighted by Crippen LogP contribution is 2.27. The van der Waals surface area contributed by atoms with Crippen LogP contribution in [0, 0.1) is 19.8 Å². The van der Waals surface area contributed by atoms with Crippen molar-refractivity contribution in [2.45, 2.75) is 59.3 Å². The van der Waals surface area contributed by atoms with Crippen LogP contribution in [0.2, 0.25) is 0 Å². The summed E-state index contributed by atoms with van der Waals surface area (Å²) in [5.74, 6) is 1.05. The van der Waals surface area contributed by atoms with Gasteiger partial charge in [-0.15, -0.1) is 14.8 Å². The number of piperidine rings is 1. The zero-order valence-electron chi connectivity index (χ0n) is 19.7. The maximum atomic E-state index is 12.8. The number of carbonyl (C=O) groups is 1. The molecule has 1 amide bonds. The molecule has 0 unspecified atom stereocenters. The van der Waals surface area contributed by atoms with Gasteiger partial charge in [0.2, 0.25) is 5.91 Å². The lowest BCUT2D eigenvalue weighted by Gasteiger charge is -2.31. The fraction of sp³-hybridized carbons (Fsp3) is 0.542. The minimum absolute atomic E-state index is 0.0495. The lowest BCUT2D eigenvalue weighted by Crippen LogP contribution is -2.41. The van der Waals surface area contributed by atoms with Crippen molar-refractivity contribution in [1.82, 2.24) is 30.6 Å². The van der Waals surface area contributed by atoms with E-state index in [1.165, 1.54) is 26.9 Å². The van der Waals surface area contributed by atoms with Gasteiger partial charge < -0.3 is 10.2 Å². The van der Waals surface area contributed by atoms with Gasteiger partial charge in [0.15, 0.2) is 11.5 Å². The monoisotopic (exact) mass is 435 g/mol. The SMILES string of the molecule is Cc1cc(C(C)(C)C)cc(C)c1CCNC(=O)C1CCN(c2ccc3nnnn3n2)CC1. The van der Waals surface area contributed by atoms with Gasteiger partial charge in [-0.05, 0) is 83.3 Å². The van der Waals surface area contributed by atoms with Gasteiger partial charge in [0.25, 0.3) is 0 Å². The van der Waals surface area contributed by atoms with Crippen molar-refractivity contribution in [1.29, 1.82) is 0 Å². The summed E-state index contributed by atoms with van der Waals surface area (Å²) in [6.45, 7) is 13.3. The number of aromatic nitrogens is 5. The van der Waals surface area contributed by atoms with E-state index in [1.54, 1.807) is 0 Å². The number of anilines is 1. The van der Waals surface area contributed by atoms with Crippen LogP contribution in [0.25, 0.3) is 5.65 Å². The summed E-state index contributed by atoms with van der Waals surface area (Å²) >= 11 is 0. The highest BCUT2D eigenvalue weighted by Gasteiger charge is 2.26. The van der Waals surface area contributed by atoms with E-state index in [0.29, 0.717) is 12.2 Å². The van der Waals surface area contributed by atoms with Crippen LogP contribution in [0.3, 0.4) is 0 Å². The summed E-state index contributed by atoms with van der Waals surface area (Å²) < 4.78 is 1.44. The van der Waals surface area contributed by atoms with E-state index in [1.807, 2.05) is 12.1 Å². The minimum Gasteiger partial charge on any atom is -0.356 e. The van der Waals surface area contributed by atoms with Crippen LogP contribution in [0.5, 0.6) is 0 Å². The Labute approximate surface area is 189 Å². The van der Waals surface area contributed by atoms with E-state index in [0.717, 1.165) is 38.2 Å². The summed E-state index contributed by atoms with van der Waals surface area (Å²) in [6.07, 6.45) is 2.50. The molecule has 0 saturated carbocycles. The molecule has 1 aromatic carbocycles. The van der Waals surface area contributed by atoms with Crippen LogP contribution in [-0.2, 0) is 16.6 Å². The molecule has 0 bridgehead atoms. The number of hydrogen-bond donors (Lipinski definition) is 1. The molecule has 1 aliphatic rings. The van der Waals surface area contributed by atoms with Gasteiger partial charge in [-0.2, -0.15) is 0 Å². The molecule has 1 aliphatic heterocycles. The van der Waals surface area contributed by atoms with Crippen molar-refractivity contribution in [3.8, 4) is 0 Å². The number of tetrazole rings is 1. The largest absolute Gasteiger partial charge is 0.356 e. The highest BCUT2D eigenvalue weighted by molar-refractivity contribution is 5.79. The van der Waals surface area contributed by atoms with Gasteiger partial charge in [0.05, 0.1) is 0 Å². The summed E-state index contributed by atoms with van der Waals surface area (Å²) in [5.41, 5.74) is 6.10. The van der Waals surface area contributed by atoms with Crippen LogP contribution < -0.4 is 10.2 Å². The number of nitrogens with zero attached hydrogens (tertiary/aromatic N) is 6. The molecule has 1 fully saturated rings. The molecule has 8 heteroatoms. The predicted octanol–water partition coefficient (Wildman–Crippen LogP) is 3.01. The van der Waals surface area contributed by atoms with Crippen molar-refractivity contribution in [3.63, 3.8) is 0 Å². The molecule has 2 aromatic heterocycles. The summed E-state index contributed by atoms with van der Waals surface area (Å²) in [7, 11) is 0. The Kier molecular flexibility index (Phi) is 6.13. The molecule has 1 N–H and O–H groups in total. The predicted molar refractivity (Wildman–Crippen MR) is 125 cm³/mol. The molecular formula is C24H33N7O. The highest BCUT2D eigenvalue weighted by atomic mass is 16.1. The van der Waals surface area contributed by atoms with E-state index in [2.05, 4.69) is 77.6 Å². The van der Waals surface area contributed by atoms with Crippen molar-refractivity contribution >= 4 is 17.4 Å². The summed E-state index contributed by atoms with van der Waals surface area (Å²) in [6, 6.07) is 8.38. The lowest BCUT2D eigenvalue weighted by molar-refractivity contribution is -0.125. The Morgan fingerprint density at radius 2 is 1.81 bits per heavy atom. The van der Waals surface area contributed by atoms with E-state index < -0.39 is 0 Å². The van der Waals surface area contributed by atoms with E-state index in [4.69, 9.17) is 0 Å². The Hall–Kier alpha value is -3.03. The second kappa shape index (κ2) is 8.84. The van der Waals surface area contributed by atoms with Gasteiger partial charge >= 0.3 is 0 Å². The third-order valence-corrected chi connectivity index (χ3v) is 6.48. The number of nitrogens with one attached hydrogen (secondary N) is 1. The first-order valence-electron chi connectivity index (χ1n) is 11.4. The fourth-order valence-electron chi connectivity index (χ4n) is 4.46. The minimum atomic E-state index is 0.0495. The Morgan fingerprint density at radius 1 is 1.12 bits per heavy atom. The average molecular weight is 436 g/mol. The second-order valence-electron chi connectivity index (χ2n) is 9.86. The van der Waals surface area contributed by atoms with Crippen molar-refractivity contribution in [2.24, 2.45) is 5.92 Å². The molecule has 0 radical (unpaired) electrons. The number of carbonyl (C=O) groups excluding carboxylic acids is 1. The van der Waals surface area contributed by atoms with Gasteiger partial charge in [-0.3, -0.25) is 4.79 Å². The van der Waals surface area contributed by atoms with Crippen molar-refractivity contribution in [2.75, 3.05) is 24.5 Å². The molecule has 0 atom stereocenters. The third-order valence-electron chi connectivity index (χ3n) is 6.48. The molecule has 1 saturated heterocycles. The van der Waals surface area contributed by atoms with Crippen LogP contribution in [-0.4, -0.2) is 50.8 Å². The molecular weight excluding hydrogens is 402 g/mol. The van der Waals surface area contributed by atoms with Crippen molar-refractivity contribution in [3.05, 3.63) is 46.5 Å². The molecule has 4 rings (SSSR count). The first-order valence-corrected chi connectivity index (χ1v) is 11.4. The Morgan fingerprint density at radius 3 is 2.47 bits per heavy atom. The van der Waals surface area contributed by atoms with Crippen molar-refractivity contribution < 1.29 is 4.79 Å². The van der Waals surface area contributed by atoms with Gasteiger partial charge in [0.1, 0.15) is 0 Å². The lowest BCUT2D eigenvalue weighted by atomic mass is 9.83. The van der Waals surface area contributed by atoms with E-state index >= 15 is 0 Å². The number of fused-ring (bicyclic) bond motifs is 1. The number of benzene rings is 1. The number of aryl methyl sites for hydroxylation is 2. The Balaban J connectivity index is 1.28. The van der Waals surface area contributed by atoms with Crippen LogP contribution in [0.4, 0.5) is 5.82 Å². The average Bonchev–Trinajstić information content (AvgIpc) is 3.22. The van der Waals surface area contributed by atoms with Crippen LogP contribution in [0.15, 0.2) is 24.3 Å². The van der Waals surface area contributed by atoms with Gasteiger partial charge in [0, 0.05) is 25.6 Å². The molecule has 0 spiro atoms. The second-order valence-corrected chi connectivity index (χ2v) is 9.86. The quantitative estimate of drug-likeness (QED) is 0.663. The number of hydrogen-bond acceptors (Lipinski definition) is 6. The first-order chi connectivity index (χ1) is 15.2. The zero-order chi connectivity index (χ0) is 22.9. The topological polar surface area (TPSA) is 88.3 Å². The van der Waals surface area contributed by atoms with Crippen LogP contribution in [0.1, 0.15) is 55.9 Å². The normalized spacial score (nSPS) is 15.3. The van der Waals surface area contributed by atoms with Gasteiger partial charge in [-0.1, -0.05) is 32.9 Å². The standard InChI is InChI=1S/C24H33N7O/c1-16-14-19(24(3,4)5)15-17(2)20(16)8-11-25-23(32)18-9-12-30(13-10-18)22-7-6-21-26-28-29-31(21)27-22/h6-7,14-15,18H,8-13H2,1-5H3,(H,25,32). The number of amides is 1. The third kappa shape index (κ3) is 4.74. The molecule has 170 valence electrons. The molecule has 0 aliphatic carbocycles. The molecule has 3 heterocycles. The van der Waals surface area contributed by atoms with Crippen LogP contribution >= 0.6 is 0 Å². The molecule has 3 aromatic rings. The maximum absolute atomic E-state index is 12.8. The van der Waals surface area contributed by atoms with E-state index in [-0.39, 0.29) is 17.2 Å². The van der Waals surface area contributed by atoms with E-state index in [9.17, 15) is 4.79 Å². The molecule has 32 heavy (non-hydrogen) atoms. The fourth-order valence-corrected chi connectivity index (χ4v) is 4.46. The molecule has 8 nitrogen and oxygen atoms in total. The number of rotatable bonds is 5. The smallest absolute Gasteiger partial charge is 0.223 e. The zero-order valence-corrected chi connectivity index (χ0v) is 19.7. The summed E-state index contributed by atoms with van der Waals surface area (Å²) in [4.78, 5) is 14.9. The first kappa shape index (κ1) is 22.2. The Bertz CT molecular complexity index is 1080. The van der Waals surface area contributed by atoms with Gasteiger partial charge in [-0.25, -0.2) is 0 Å².